The van der Waals surface area contributed by atoms with Crippen LogP contribution in [0.5, 0.6) is 0 Å². The fourth-order valence-corrected chi connectivity index (χ4v) is 3.01. The van der Waals surface area contributed by atoms with E-state index in [4.69, 9.17) is 4.98 Å². The third kappa shape index (κ3) is 2.91. The molecule has 0 amide bonds. The summed E-state index contributed by atoms with van der Waals surface area (Å²) in [5.74, 6) is 1.73. The number of nitrogens with one attached hydrogen (secondary N) is 1. The molecule has 1 aromatic carbocycles. The number of aryl methyl sites for hydroxylation is 1. The predicted molar refractivity (Wildman–Crippen MR) is 91.9 cm³/mol. The lowest BCUT2D eigenvalue weighted by atomic mass is 10.1. The second-order valence-corrected chi connectivity index (χ2v) is 6.03. The summed E-state index contributed by atoms with van der Waals surface area (Å²) in [6, 6.07) is 11.0. The Morgan fingerprint density at radius 1 is 1.27 bits per heavy atom. The minimum absolute atomic E-state index is 0.391. The quantitative estimate of drug-likeness (QED) is 0.844. The van der Waals surface area contributed by atoms with Crippen molar-refractivity contribution >= 4 is 17.5 Å². The number of anilines is 3. The van der Waals surface area contributed by atoms with Gasteiger partial charge < -0.3 is 10.2 Å². The predicted octanol–water partition coefficient (Wildman–Crippen LogP) is 4.08. The molecule has 116 valence electrons. The molecule has 1 unspecified atom stereocenters. The van der Waals surface area contributed by atoms with Crippen molar-refractivity contribution in [1.29, 1.82) is 0 Å². The van der Waals surface area contributed by atoms with Crippen LogP contribution in [0.25, 0.3) is 0 Å². The minimum atomic E-state index is 0.391. The number of para-hydroxylation sites is 1. The Morgan fingerprint density at radius 2 is 2.09 bits per heavy atom. The largest absolute Gasteiger partial charge is 0.370 e. The highest BCUT2D eigenvalue weighted by Crippen LogP contribution is 2.36. The third-order valence-corrected chi connectivity index (χ3v) is 4.10. The molecule has 0 radical (unpaired) electrons. The highest BCUT2D eigenvalue weighted by molar-refractivity contribution is 5.67. The van der Waals surface area contributed by atoms with Gasteiger partial charge in [0.05, 0.1) is 0 Å². The maximum absolute atomic E-state index is 4.74. The van der Waals surface area contributed by atoms with Crippen molar-refractivity contribution in [3.63, 3.8) is 0 Å². The molecule has 0 bridgehead atoms. The molecule has 2 heterocycles. The molecule has 0 spiro atoms. The molecule has 0 saturated carbocycles. The Kier molecular flexibility index (Phi) is 4.27. The number of benzene rings is 1. The van der Waals surface area contributed by atoms with E-state index in [2.05, 4.69) is 53.3 Å². The third-order valence-electron chi connectivity index (χ3n) is 4.10. The minimum Gasteiger partial charge on any atom is -0.370 e. The molecule has 1 aromatic heterocycles. The summed E-state index contributed by atoms with van der Waals surface area (Å²) >= 11 is 0. The molecule has 1 N–H and O–H groups in total. The molecule has 3 rings (SSSR count). The summed E-state index contributed by atoms with van der Waals surface area (Å²) in [5.41, 5.74) is 3.61. The van der Waals surface area contributed by atoms with E-state index in [1.165, 1.54) is 17.7 Å². The van der Waals surface area contributed by atoms with Gasteiger partial charge in [0.1, 0.15) is 5.82 Å². The first kappa shape index (κ1) is 14.8. The summed E-state index contributed by atoms with van der Waals surface area (Å²) < 4.78 is 0. The maximum Gasteiger partial charge on any atom is 0.232 e. The van der Waals surface area contributed by atoms with Crippen molar-refractivity contribution in [3.8, 4) is 0 Å². The number of fused-ring (bicyclic) bond motifs is 1. The van der Waals surface area contributed by atoms with Crippen LogP contribution < -0.4 is 10.2 Å². The molecule has 1 aliphatic rings. The van der Waals surface area contributed by atoms with Gasteiger partial charge in [-0.3, -0.25) is 0 Å². The molecule has 0 saturated heterocycles. The molecule has 0 fully saturated rings. The Hall–Kier alpha value is -2.10. The van der Waals surface area contributed by atoms with Gasteiger partial charge in [-0.1, -0.05) is 31.5 Å². The molecular formula is C18H24N4. The van der Waals surface area contributed by atoms with Gasteiger partial charge in [0.25, 0.3) is 0 Å². The zero-order valence-electron chi connectivity index (χ0n) is 13.6. The molecule has 4 heteroatoms. The lowest BCUT2D eigenvalue weighted by Crippen LogP contribution is -2.26. The van der Waals surface area contributed by atoms with E-state index < -0.39 is 0 Å². The van der Waals surface area contributed by atoms with Crippen molar-refractivity contribution in [2.24, 2.45) is 0 Å². The first-order valence-corrected chi connectivity index (χ1v) is 8.15. The average molecular weight is 296 g/mol. The number of rotatable bonds is 5. The van der Waals surface area contributed by atoms with Crippen molar-refractivity contribution in [2.45, 2.75) is 46.1 Å². The van der Waals surface area contributed by atoms with Gasteiger partial charge in [-0.15, -0.1) is 0 Å². The van der Waals surface area contributed by atoms with E-state index in [9.17, 15) is 0 Å². The van der Waals surface area contributed by atoms with Gasteiger partial charge in [-0.05, 0) is 38.3 Å². The van der Waals surface area contributed by atoms with Gasteiger partial charge in [0.15, 0.2) is 0 Å². The van der Waals surface area contributed by atoms with Crippen molar-refractivity contribution in [1.82, 2.24) is 9.97 Å². The van der Waals surface area contributed by atoms with Crippen LogP contribution in [0.2, 0.25) is 0 Å². The molecule has 2 aromatic rings. The highest BCUT2D eigenvalue weighted by atomic mass is 15.3. The number of nitrogens with zero attached hydrogens (tertiary/aromatic N) is 3. The first-order chi connectivity index (χ1) is 10.7. The van der Waals surface area contributed by atoms with Crippen molar-refractivity contribution in [2.75, 3.05) is 16.8 Å². The fourth-order valence-electron chi connectivity index (χ4n) is 3.01. The SMILES string of the molecule is CCCCNc1cc(C)nc(N2c3ccccc3CC2C)n1. The number of unbranched alkanes of at least 4 members (excludes halogenated alkanes) is 1. The second kappa shape index (κ2) is 6.34. The Morgan fingerprint density at radius 3 is 2.91 bits per heavy atom. The van der Waals surface area contributed by atoms with Crippen molar-refractivity contribution in [3.05, 3.63) is 41.6 Å². The molecule has 0 aliphatic carbocycles. The molecular weight excluding hydrogens is 272 g/mol. The molecule has 1 aliphatic heterocycles. The van der Waals surface area contributed by atoms with E-state index in [1.54, 1.807) is 0 Å². The lowest BCUT2D eigenvalue weighted by molar-refractivity contribution is 0.737. The average Bonchev–Trinajstić information content (AvgIpc) is 2.82. The number of hydrogen-bond donors (Lipinski definition) is 1. The smallest absolute Gasteiger partial charge is 0.232 e. The Bertz CT molecular complexity index is 653. The topological polar surface area (TPSA) is 41.1 Å². The van der Waals surface area contributed by atoms with Crippen molar-refractivity contribution < 1.29 is 0 Å². The number of hydrogen-bond acceptors (Lipinski definition) is 4. The monoisotopic (exact) mass is 296 g/mol. The van der Waals surface area contributed by atoms with Crippen LogP contribution in [0.4, 0.5) is 17.5 Å². The van der Waals surface area contributed by atoms with E-state index in [1.807, 2.05) is 13.0 Å². The summed E-state index contributed by atoms with van der Waals surface area (Å²) in [5, 5.41) is 3.41. The van der Waals surface area contributed by atoms with Gasteiger partial charge in [-0.2, -0.15) is 4.98 Å². The Labute approximate surface area is 132 Å². The fraction of sp³-hybridized carbons (Fsp3) is 0.444. The highest BCUT2D eigenvalue weighted by Gasteiger charge is 2.28. The van der Waals surface area contributed by atoms with Crippen LogP contribution >= 0.6 is 0 Å². The summed E-state index contributed by atoms with van der Waals surface area (Å²) in [6.07, 6.45) is 3.38. The lowest BCUT2D eigenvalue weighted by Gasteiger charge is -2.23. The zero-order chi connectivity index (χ0) is 15.5. The first-order valence-electron chi connectivity index (χ1n) is 8.15. The summed E-state index contributed by atoms with van der Waals surface area (Å²) in [4.78, 5) is 11.7. The van der Waals surface area contributed by atoms with Gasteiger partial charge in [-0.25, -0.2) is 4.98 Å². The second-order valence-electron chi connectivity index (χ2n) is 6.03. The molecule has 1 atom stereocenters. The van der Waals surface area contributed by atoms with Gasteiger partial charge in [0.2, 0.25) is 5.95 Å². The van der Waals surface area contributed by atoms with Crippen LogP contribution in [0.3, 0.4) is 0 Å². The molecule has 22 heavy (non-hydrogen) atoms. The standard InChI is InChI=1S/C18H24N4/c1-4-5-10-19-17-11-13(2)20-18(21-17)22-14(3)12-15-8-6-7-9-16(15)22/h6-9,11,14H,4-5,10,12H2,1-3H3,(H,19,20,21). The van der Waals surface area contributed by atoms with Gasteiger partial charge >= 0.3 is 0 Å². The van der Waals surface area contributed by atoms with E-state index in [0.29, 0.717) is 6.04 Å². The van der Waals surface area contributed by atoms with Crippen LogP contribution in [0, 0.1) is 6.92 Å². The van der Waals surface area contributed by atoms with E-state index in [0.717, 1.165) is 36.8 Å². The number of aromatic nitrogens is 2. The van der Waals surface area contributed by atoms with Crippen LogP contribution in [-0.4, -0.2) is 22.6 Å². The molecule has 4 nitrogen and oxygen atoms in total. The van der Waals surface area contributed by atoms with E-state index >= 15 is 0 Å². The Balaban J connectivity index is 1.91. The van der Waals surface area contributed by atoms with Gasteiger partial charge in [0, 0.05) is 30.0 Å². The normalized spacial score (nSPS) is 16.7. The summed E-state index contributed by atoms with van der Waals surface area (Å²) in [7, 11) is 0. The van der Waals surface area contributed by atoms with Crippen LogP contribution in [0.1, 0.15) is 37.9 Å². The van der Waals surface area contributed by atoms with Crippen LogP contribution in [0.15, 0.2) is 30.3 Å². The maximum atomic E-state index is 4.74. The zero-order valence-corrected chi connectivity index (χ0v) is 13.6. The summed E-state index contributed by atoms with van der Waals surface area (Å²) in [6.45, 7) is 7.42. The van der Waals surface area contributed by atoms with E-state index in [-0.39, 0.29) is 0 Å². The van der Waals surface area contributed by atoms with Crippen LogP contribution in [-0.2, 0) is 6.42 Å².